The van der Waals surface area contributed by atoms with Gasteiger partial charge in [-0.2, -0.15) is 0 Å². The number of hydrogen-bond acceptors (Lipinski definition) is 11. The van der Waals surface area contributed by atoms with Crippen LogP contribution in [0.15, 0.2) is 18.2 Å². The minimum Gasteiger partial charge on any atom is -0.368 e. The number of rotatable bonds is 22. The molecule has 5 atom stereocenters. The van der Waals surface area contributed by atoms with Crippen molar-refractivity contribution in [3.63, 3.8) is 0 Å². The van der Waals surface area contributed by atoms with Crippen molar-refractivity contribution in [2.75, 3.05) is 6.54 Å². The lowest BCUT2D eigenvalue weighted by molar-refractivity contribution is -0.394. The Hall–Kier alpha value is -5.69. The summed E-state index contributed by atoms with van der Waals surface area (Å²) in [5, 5.41) is 37.7. The molecule has 55 heavy (non-hydrogen) atoms. The molecule has 1 rings (SSSR count). The van der Waals surface area contributed by atoms with Gasteiger partial charge >= 0.3 is 0 Å². The minimum atomic E-state index is -1.26. The topological polar surface area (TPSA) is 304 Å². The third-order valence-electron chi connectivity index (χ3n) is 8.06. The van der Waals surface area contributed by atoms with Crippen molar-refractivity contribution in [1.82, 2.24) is 31.9 Å². The third-order valence-corrected chi connectivity index (χ3v) is 8.06. The van der Waals surface area contributed by atoms with Gasteiger partial charge < -0.3 is 37.6 Å². The molecular formula is C35H55N9O11. The molecule has 0 aliphatic heterocycles. The first kappa shape index (κ1) is 47.3. The van der Waals surface area contributed by atoms with Crippen LogP contribution in [0.2, 0.25) is 0 Å². The Morgan fingerprint density at radius 2 is 1.02 bits per heavy atom. The van der Waals surface area contributed by atoms with E-state index in [-0.39, 0.29) is 42.9 Å². The number of nitrogens with two attached hydrogens (primary N) is 1. The van der Waals surface area contributed by atoms with Gasteiger partial charge in [0.1, 0.15) is 30.2 Å². The Kier molecular flexibility index (Phi) is 18.8. The summed E-state index contributed by atoms with van der Waals surface area (Å²) in [6.07, 6.45) is 0.401. The van der Waals surface area contributed by atoms with Gasteiger partial charge in [-0.15, -0.1) is 0 Å². The fourth-order valence-electron chi connectivity index (χ4n) is 5.33. The summed E-state index contributed by atoms with van der Waals surface area (Å²) in [6, 6.07) is -3.26. The van der Waals surface area contributed by atoms with Gasteiger partial charge in [0.25, 0.3) is 17.3 Å². The second-order valence-corrected chi connectivity index (χ2v) is 14.9. The molecule has 20 nitrogen and oxygen atoms in total. The summed E-state index contributed by atoms with van der Waals surface area (Å²) < 4.78 is 0. The molecule has 0 fully saturated rings. The van der Waals surface area contributed by atoms with Gasteiger partial charge in [-0.1, -0.05) is 55.4 Å². The van der Waals surface area contributed by atoms with Gasteiger partial charge in [-0.05, 0) is 49.9 Å². The van der Waals surface area contributed by atoms with Gasteiger partial charge in [0.05, 0.1) is 28.0 Å². The van der Waals surface area contributed by atoms with Gasteiger partial charge in [0.15, 0.2) is 0 Å². The SMILES string of the molecule is CC(C)C[C@H](NC(=O)CNC(=O)[C@H](C)NC(=O)[C@H](CC(C)C)NC(=O)[C@H](CC(C)C)NC(=O)c1cc([N+](=O)[O-])cc([N+](=O)[O-])c1)C(=O)N[C@H](C(N)=O)C(C)C. The third kappa shape index (κ3) is 16.5. The molecule has 0 heterocycles. The lowest BCUT2D eigenvalue weighted by atomic mass is 9.99. The van der Waals surface area contributed by atoms with E-state index in [4.69, 9.17) is 5.73 Å². The first-order valence-corrected chi connectivity index (χ1v) is 17.9. The molecule has 8 N–H and O–H groups in total. The van der Waals surface area contributed by atoms with Crippen molar-refractivity contribution in [3.05, 3.63) is 44.0 Å². The van der Waals surface area contributed by atoms with Crippen molar-refractivity contribution in [1.29, 1.82) is 0 Å². The van der Waals surface area contributed by atoms with Crippen LogP contribution in [0.4, 0.5) is 11.4 Å². The minimum absolute atomic E-state index is 0.0278. The standard InChI is InChI=1S/C35H55N9O11/c1-17(2)10-25(35(51)42-29(20(7)8)30(36)46)39-28(45)16-37-31(47)21(9)38-33(49)26(11-18(3)4)41-34(50)27(12-19(5)6)40-32(48)22-13-23(43(52)53)15-24(14-22)44(54)55/h13-15,17-21,25-27,29H,10-12,16H2,1-9H3,(H2,36,46)(H,37,47)(H,38,49)(H,39,45)(H,40,48)(H,41,50)(H,42,51)/t21-,25-,26-,27-,29-/m0/s1. The zero-order chi connectivity index (χ0) is 42.3. The summed E-state index contributed by atoms with van der Waals surface area (Å²) in [7, 11) is 0. The average Bonchev–Trinajstić information content (AvgIpc) is 3.07. The Morgan fingerprint density at radius 1 is 0.600 bits per heavy atom. The number of amides is 7. The van der Waals surface area contributed by atoms with Crippen LogP contribution in [0.5, 0.6) is 0 Å². The second kappa shape index (κ2) is 21.9. The van der Waals surface area contributed by atoms with Gasteiger partial charge in [0, 0.05) is 12.1 Å². The Morgan fingerprint density at radius 3 is 1.44 bits per heavy atom. The van der Waals surface area contributed by atoms with Crippen molar-refractivity contribution < 1.29 is 43.4 Å². The molecule has 0 bridgehead atoms. The highest BCUT2D eigenvalue weighted by atomic mass is 16.6. The number of nitro benzene ring substituents is 2. The predicted octanol–water partition coefficient (Wildman–Crippen LogP) is 0.956. The van der Waals surface area contributed by atoms with Crippen LogP contribution in [0, 0.1) is 43.9 Å². The van der Waals surface area contributed by atoms with Crippen LogP contribution in [-0.4, -0.2) is 88.0 Å². The van der Waals surface area contributed by atoms with E-state index < -0.39 is 105 Å². The molecule has 7 amide bonds. The predicted molar refractivity (Wildman–Crippen MR) is 200 cm³/mol. The molecule has 20 heteroatoms. The van der Waals surface area contributed by atoms with E-state index in [1.54, 1.807) is 41.5 Å². The number of non-ortho nitro benzene ring substituents is 2. The van der Waals surface area contributed by atoms with Crippen LogP contribution in [-0.2, 0) is 28.8 Å². The second-order valence-electron chi connectivity index (χ2n) is 14.9. The number of primary amides is 1. The highest BCUT2D eigenvalue weighted by Crippen LogP contribution is 2.23. The highest BCUT2D eigenvalue weighted by Gasteiger charge is 2.32. The highest BCUT2D eigenvalue weighted by molar-refractivity contribution is 6.00. The number of carbonyl (C=O) groups excluding carboxylic acids is 7. The summed E-state index contributed by atoms with van der Waals surface area (Å²) in [5.74, 6) is -5.98. The molecule has 0 aliphatic carbocycles. The zero-order valence-corrected chi connectivity index (χ0v) is 32.7. The van der Waals surface area contributed by atoms with Crippen molar-refractivity contribution in [2.24, 2.45) is 29.4 Å². The van der Waals surface area contributed by atoms with E-state index in [1.165, 1.54) is 6.92 Å². The molecule has 0 aliphatic rings. The Balaban J connectivity index is 3.04. The molecule has 1 aromatic rings. The van der Waals surface area contributed by atoms with E-state index in [9.17, 15) is 53.8 Å². The summed E-state index contributed by atoms with van der Waals surface area (Å²) in [5.41, 5.74) is 3.58. The fraction of sp³-hybridized carbons (Fsp3) is 0.629. The smallest absolute Gasteiger partial charge is 0.277 e. The lowest BCUT2D eigenvalue weighted by Crippen LogP contribution is -2.57. The largest absolute Gasteiger partial charge is 0.368 e. The maximum atomic E-state index is 13.5. The van der Waals surface area contributed by atoms with Crippen molar-refractivity contribution in [2.45, 2.75) is 112 Å². The molecule has 0 radical (unpaired) electrons. The number of benzene rings is 1. The van der Waals surface area contributed by atoms with Crippen LogP contribution < -0.4 is 37.6 Å². The molecule has 0 aromatic heterocycles. The van der Waals surface area contributed by atoms with E-state index in [2.05, 4.69) is 31.9 Å². The number of nitrogens with zero attached hydrogens (tertiary/aromatic N) is 2. The number of hydrogen-bond donors (Lipinski definition) is 7. The van der Waals surface area contributed by atoms with Crippen molar-refractivity contribution >= 4 is 52.7 Å². The lowest BCUT2D eigenvalue weighted by Gasteiger charge is -2.26. The average molecular weight is 778 g/mol. The monoisotopic (exact) mass is 777 g/mol. The number of carbonyl (C=O) groups is 7. The zero-order valence-electron chi connectivity index (χ0n) is 32.7. The number of nitro groups is 2. The molecule has 0 spiro atoms. The first-order valence-electron chi connectivity index (χ1n) is 17.9. The maximum absolute atomic E-state index is 13.5. The molecule has 306 valence electrons. The van der Waals surface area contributed by atoms with Gasteiger partial charge in [0.2, 0.25) is 35.4 Å². The normalized spacial score (nSPS) is 13.9. The molecule has 0 saturated heterocycles. The van der Waals surface area contributed by atoms with E-state index in [1.807, 2.05) is 13.8 Å². The fourth-order valence-corrected chi connectivity index (χ4v) is 5.33. The molecule has 1 aromatic carbocycles. The summed E-state index contributed by atoms with van der Waals surface area (Å²) >= 11 is 0. The van der Waals surface area contributed by atoms with E-state index in [0.29, 0.717) is 6.07 Å². The van der Waals surface area contributed by atoms with E-state index >= 15 is 0 Å². The summed E-state index contributed by atoms with van der Waals surface area (Å²) in [6.45, 7) is 15.0. The van der Waals surface area contributed by atoms with Crippen LogP contribution in [0.25, 0.3) is 0 Å². The number of nitrogens with one attached hydrogen (secondary N) is 6. The molecular weight excluding hydrogens is 722 g/mol. The quantitative estimate of drug-likeness (QED) is 0.0642. The van der Waals surface area contributed by atoms with Gasteiger partial charge in [-0.3, -0.25) is 53.8 Å². The van der Waals surface area contributed by atoms with Crippen molar-refractivity contribution in [3.8, 4) is 0 Å². The van der Waals surface area contributed by atoms with Crippen LogP contribution in [0.1, 0.15) is 91.9 Å². The maximum Gasteiger partial charge on any atom is 0.277 e. The Labute approximate surface area is 319 Å². The van der Waals surface area contributed by atoms with E-state index in [0.717, 1.165) is 12.1 Å². The van der Waals surface area contributed by atoms with Crippen LogP contribution >= 0.6 is 0 Å². The van der Waals surface area contributed by atoms with Crippen LogP contribution in [0.3, 0.4) is 0 Å². The molecule has 0 unspecified atom stereocenters. The summed E-state index contributed by atoms with van der Waals surface area (Å²) in [4.78, 5) is 111. The Bertz CT molecular complexity index is 1560. The first-order chi connectivity index (χ1) is 25.4. The van der Waals surface area contributed by atoms with Gasteiger partial charge in [-0.25, -0.2) is 0 Å². The molecule has 0 saturated carbocycles.